The zero-order valence-corrected chi connectivity index (χ0v) is 12.9. The Balaban J connectivity index is 1.69. The van der Waals surface area contributed by atoms with Gasteiger partial charge >= 0.3 is 0 Å². The topological polar surface area (TPSA) is 67.8 Å². The minimum absolute atomic E-state index is 0.00115. The number of nitrogens with one attached hydrogen (secondary N) is 1. The van der Waals surface area contributed by atoms with Gasteiger partial charge in [-0.2, -0.15) is 0 Å². The zero-order valence-electron chi connectivity index (χ0n) is 12.1. The van der Waals surface area contributed by atoms with Crippen LogP contribution in [0.2, 0.25) is 0 Å². The van der Waals surface area contributed by atoms with E-state index in [0.717, 1.165) is 19.3 Å². The molecule has 2 rings (SSSR count). The molecule has 0 unspecified atom stereocenters. The number of hydrogen-bond acceptors (Lipinski definition) is 5. The summed E-state index contributed by atoms with van der Waals surface area (Å²) in [5.74, 6) is 0.0413. The zero-order chi connectivity index (χ0) is 14.9. The second kappa shape index (κ2) is 9.15. The summed E-state index contributed by atoms with van der Waals surface area (Å²) in [5, 5.41) is 13.9. The third-order valence-electron chi connectivity index (χ3n) is 3.47. The van der Waals surface area contributed by atoms with Gasteiger partial charge in [-0.15, -0.1) is 11.3 Å². The van der Waals surface area contributed by atoms with Crippen LogP contribution in [0.15, 0.2) is 17.5 Å². The summed E-state index contributed by atoms with van der Waals surface area (Å²) in [6.07, 6.45) is 2.99. The van der Waals surface area contributed by atoms with Crippen molar-refractivity contribution in [2.24, 2.45) is 0 Å². The van der Waals surface area contributed by atoms with Gasteiger partial charge in [-0.05, 0) is 30.7 Å². The molecule has 0 spiro atoms. The molecule has 0 aromatic carbocycles. The molecule has 2 atom stereocenters. The fourth-order valence-electron chi connectivity index (χ4n) is 2.41. The van der Waals surface area contributed by atoms with Crippen LogP contribution < -0.4 is 5.32 Å². The third kappa shape index (κ3) is 5.74. The van der Waals surface area contributed by atoms with Gasteiger partial charge in [0.05, 0.1) is 32.0 Å². The number of hydrogen-bond donors (Lipinski definition) is 2. The first kappa shape index (κ1) is 16.4. The standard InChI is InChI=1S/C15H23NO4S/c17-7-9-20-14-6-8-19-11-13(14)16-15(18)5-1-3-12-4-2-10-21-12/h2,4,10,13-14,17H,1,3,5-9,11H2,(H,16,18)/t13-,14+/m0/s1. The molecule has 118 valence electrons. The highest BCUT2D eigenvalue weighted by Gasteiger charge is 2.27. The van der Waals surface area contributed by atoms with Crippen molar-refractivity contribution in [1.82, 2.24) is 5.32 Å². The Bertz CT molecular complexity index is 410. The Morgan fingerprint density at radius 2 is 2.48 bits per heavy atom. The summed E-state index contributed by atoms with van der Waals surface area (Å²) in [7, 11) is 0. The molecular weight excluding hydrogens is 290 g/mol. The molecule has 1 fully saturated rings. The smallest absolute Gasteiger partial charge is 0.220 e. The highest BCUT2D eigenvalue weighted by molar-refractivity contribution is 7.09. The van der Waals surface area contributed by atoms with Crippen molar-refractivity contribution < 1.29 is 19.4 Å². The molecule has 0 radical (unpaired) electrons. The first-order valence-corrected chi connectivity index (χ1v) is 8.29. The Morgan fingerprint density at radius 1 is 1.57 bits per heavy atom. The molecule has 21 heavy (non-hydrogen) atoms. The average molecular weight is 313 g/mol. The summed E-state index contributed by atoms with van der Waals surface area (Å²) < 4.78 is 11.0. The van der Waals surface area contributed by atoms with Gasteiger partial charge in [0.15, 0.2) is 0 Å². The molecule has 5 nitrogen and oxygen atoms in total. The molecule has 1 aromatic rings. The van der Waals surface area contributed by atoms with Gasteiger partial charge in [-0.3, -0.25) is 4.79 Å². The lowest BCUT2D eigenvalue weighted by Crippen LogP contribution is -2.50. The number of amides is 1. The predicted octanol–water partition coefficient (Wildman–Crippen LogP) is 1.35. The van der Waals surface area contributed by atoms with E-state index >= 15 is 0 Å². The number of rotatable bonds is 8. The van der Waals surface area contributed by atoms with Crippen LogP contribution in [0, 0.1) is 0 Å². The van der Waals surface area contributed by atoms with Gasteiger partial charge in [0, 0.05) is 17.9 Å². The monoisotopic (exact) mass is 313 g/mol. The third-order valence-corrected chi connectivity index (χ3v) is 4.41. The maximum atomic E-state index is 12.0. The molecule has 1 saturated heterocycles. The number of carbonyl (C=O) groups excluding carboxylic acids is 1. The van der Waals surface area contributed by atoms with E-state index in [4.69, 9.17) is 14.6 Å². The molecule has 0 saturated carbocycles. The Morgan fingerprint density at radius 3 is 3.24 bits per heavy atom. The summed E-state index contributed by atoms with van der Waals surface area (Å²) in [6, 6.07) is 4.01. The maximum Gasteiger partial charge on any atom is 0.220 e. The van der Waals surface area contributed by atoms with E-state index in [1.165, 1.54) is 4.88 Å². The number of carbonyl (C=O) groups is 1. The maximum absolute atomic E-state index is 12.0. The predicted molar refractivity (Wildman–Crippen MR) is 81.4 cm³/mol. The number of ether oxygens (including phenoxy) is 2. The van der Waals surface area contributed by atoms with Crippen molar-refractivity contribution in [3.63, 3.8) is 0 Å². The Kier molecular flexibility index (Phi) is 7.15. The van der Waals surface area contributed by atoms with Crippen LogP contribution in [-0.4, -0.2) is 49.6 Å². The molecule has 6 heteroatoms. The van der Waals surface area contributed by atoms with E-state index in [-0.39, 0.29) is 24.7 Å². The van der Waals surface area contributed by atoms with Crippen molar-refractivity contribution in [3.05, 3.63) is 22.4 Å². The van der Waals surface area contributed by atoms with Crippen LogP contribution >= 0.6 is 11.3 Å². The average Bonchev–Trinajstić information content (AvgIpc) is 2.99. The molecule has 0 aliphatic carbocycles. The van der Waals surface area contributed by atoms with Crippen molar-refractivity contribution in [2.45, 2.75) is 37.8 Å². The van der Waals surface area contributed by atoms with Gasteiger partial charge in [0.2, 0.25) is 5.91 Å². The van der Waals surface area contributed by atoms with E-state index in [2.05, 4.69) is 16.8 Å². The lowest BCUT2D eigenvalue weighted by Gasteiger charge is -2.32. The van der Waals surface area contributed by atoms with Gasteiger partial charge in [-0.25, -0.2) is 0 Å². The van der Waals surface area contributed by atoms with Gasteiger partial charge in [0.1, 0.15) is 0 Å². The van der Waals surface area contributed by atoms with E-state index in [0.29, 0.717) is 26.2 Å². The van der Waals surface area contributed by atoms with E-state index in [1.54, 1.807) is 11.3 Å². The molecule has 2 N–H and O–H groups in total. The largest absolute Gasteiger partial charge is 0.394 e. The number of aliphatic hydroxyl groups excluding tert-OH is 1. The van der Waals surface area contributed by atoms with Crippen LogP contribution in [-0.2, 0) is 20.7 Å². The number of thiophene rings is 1. The fourth-order valence-corrected chi connectivity index (χ4v) is 3.16. The van der Waals surface area contributed by atoms with Crippen LogP contribution in [0.5, 0.6) is 0 Å². The van der Waals surface area contributed by atoms with Gasteiger partial charge < -0.3 is 19.9 Å². The van der Waals surface area contributed by atoms with E-state index in [1.807, 2.05) is 6.07 Å². The van der Waals surface area contributed by atoms with Crippen molar-refractivity contribution in [2.75, 3.05) is 26.4 Å². The van der Waals surface area contributed by atoms with Crippen molar-refractivity contribution in [3.8, 4) is 0 Å². The number of aryl methyl sites for hydroxylation is 1. The summed E-state index contributed by atoms with van der Waals surface area (Å²) in [4.78, 5) is 13.3. The van der Waals surface area contributed by atoms with Crippen LogP contribution in [0.1, 0.15) is 24.1 Å². The lowest BCUT2D eigenvalue weighted by atomic mass is 10.1. The number of aliphatic hydroxyl groups is 1. The van der Waals surface area contributed by atoms with Crippen LogP contribution in [0.4, 0.5) is 0 Å². The van der Waals surface area contributed by atoms with Crippen LogP contribution in [0.25, 0.3) is 0 Å². The van der Waals surface area contributed by atoms with Gasteiger partial charge in [0.25, 0.3) is 0 Å². The van der Waals surface area contributed by atoms with E-state index < -0.39 is 0 Å². The molecule has 2 heterocycles. The van der Waals surface area contributed by atoms with E-state index in [9.17, 15) is 4.79 Å². The Hall–Kier alpha value is -0.950. The highest BCUT2D eigenvalue weighted by Crippen LogP contribution is 2.14. The summed E-state index contributed by atoms with van der Waals surface area (Å²) in [6.45, 7) is 1.42. The Labute approximate surface area is 129 Å². The molecule has 0 bridgehead atoms. The first-order chi connectivity index (χ1) is 10.3. The minimum atomic E-state index is -0.112. The summed E-state index contributed by atoms with van der Waals surface area (Å²) >= 11 is 1.72. The highest BCUT2D eigenvalue weighted by atomic mass is 32.1. The molecule has 1 amide bonds. The fraction of sp³-hybridized carbons (Fsp3) is 0.667. The SMILES string of the molecule is O=C(CCCc1cccs1)N[C@H]1COCC[C@H]1OCCO. The van der Waals surface area contributed by atoms with Crippen LogP contribution in [0.3, 0.4) is 0 Å². The molecular formula is C15H23NO4S. The normalized spacial score (nSPS) is 22.1. The quantitative estimate of drug-likeness (QED) is 0.760. The second-order valence-corrected chi connectivity index (χ2v) is 6.14. The van der Waals surface area contributed by atoms with Gasteiger partial charge in [-0.1, -0.05) is 6.07 Å². The minimum Gasteiger partial charge on any atom is -0.394 e. The summed E-state index contributed by atoms with van der Waals surface area (Å²) in [5.41, 5.74) is 0. The molecule has 1 aliphatic heterocycles. The first-order valence-electron chi connectivity index (χ1n) is 7.41. The van der Waals surface area contributed by atoms with Crippen molar-refractivity contribution >= 4 is 17.2 Å². The molecule has 1 aromatic heterocycles. The second-order valence-electron chi connectivity index (χ2n) is 5.10. The lowest BCUT2D eigenvalue weighted by molar-refractivity contribution is -0.126. The van der Waals surface area contributed by atoms with Crippen molar-refractivity contribution in [1.29, 1.82) is 0 Å². The molecule has 1 aliphatic rings.